The maximum atomic E-state index is 3.63. The Morgan fingerprint density at radius 1 is 1.27 bits per heavy atom. The van der Waals surface area contributed by atoms with E-state index in [9.17, 15) is 0 Å². The van der Waals surface area contributed by atoms with E-state index in [-0.39, 0.29) is 0 Å². The SMILES string of the molecule is Cc1cc(C2CCCCCN2)ccc1Br. The Balaban J connectivity index is 2.16. The molecule has 1 aromatic rings. The molecule has 15 heavy (non-hydrogen) atoms. The molecule has 1 nitrogen and oxygen atoms in total. The van der Waals surface area contributed by atoms with Gasteiger partial charge < -0.3 is 5.32 Å². The molecule has 0 spiro atoms. The molecule has 1 atom stereocenters. The Kier molecular flexibility index (Phi) is 3.81. The van der Waals surface area contributed by atoms with Crippen LogP contribution in [0.5, 0.6) is 0 Å². The first-order chi connectivity index (χ1) is 7.27. The zero-order valence-corrected chi connectivity index (χ0v) is 10.8. The van der Waals surface area contributed by atoms with E-state index in [2.05, 4.69) is 46.4 Å². The monoisotopic (exact) mass is 267 g/mol. The fourth-order valence-electron chi connectivity index (χ4n) is 2.20. The van der Waals surface area contributed by atoms with Crippen molar-refractivity contribution in [3.8, 4) is 0 Å². The first-order valence-corrected chi connectivity index (χ1v) is 6.56. The van der Waals surface area contributed by atoms with Crippen molar-refractivity contribution in [2.75, 3.05) is 6.54 Å². The maximum Gasteiger partial charge on any atom is 0.0320 e. The predicted octanol–water partition coefficient (Wildman–Crippen LogP) is 3.96. The Hall–Kier alpha value is -0.340. The predicted molar refractivity (Wildman–Crippen MR) is 68.1 cm³/mol. The number of benzene rings is 1. The highest BCUT2D eigenvalue weighted by molar-refractivity contribution is 9.10. The topological polar surface area (TPSA) is 12.0 Å². The highest BCUT2D eigenvalue weighted by Gasteiger charge is 2.13. The summed E-state index contributed by atoms with van der Waals surface area (Å²) in [7, 11) is 0. The molecule has 0 aromatic heterocycles. The first-order valence-electron chi connectivity index (χ1n) is 5.77. The van der Waals surface area contributed by atoms with Crippen molar-refractivity contribution >= 4 is 15.9 Å². The van der Waals surface area contributed by atoms with Crippen molar-refractivity contribution in [2.45, 2.75) is 38.6 Å². The van der Waals surface area contributed by atoms with Crippen LogP contribution in [0.1, 0.15) is 42.9 Å². The highest BCUT2D eigenvalue weighted by Crippen LogP contribution is 2.26. The fraction of sp³-hybridized carbons (Fsp3) is 0.538. The van der Waals surface area contributed by atoms with Crippen LogP contribution in [-0.4, -0.2) is 6.54 Å². The van der Waals surface area contributed by atoms with Gasteiger partial charge in [-0.15, -0.1) is 0 Å². The summed E-state index contributed by atoms with van der Waals surface area (Å²) in [5.74, 6) is 0. The highest BCUT2D eigenvalue weighted by atomic mass is 79.9. The Labute approximate surface area is 100 Å². The van der Waals surface area contributed by atoms with E-state index >= 15 is 0 Å². The molecule has 82 valence electrons. The van der Waals surface area contributed by atoms with Gasteiger partial charge in [-0.1, -0.05) is 40.9 Å². The van der Waals surface area contributed by atoms with Crippen LogP contribution < -0.4 is 5.32 Å². The third-order valence-corrected chi connectivity index (χ3v) is 4.03. The second-order valence-corrected chi connectivity index (χ2v) is 5.22. The summed E-state index contributed by atoms with van der Waals surface area (Å²) in [6.07, 6.45) is 5.33. The van der Waals surface area contributed by atoms with E-state index in [0.29, 0.717) is 6.04 Å². The van der Waals surface area contributed by atoms with Gasteiger partial charge in [-0.2, -0.15) is 0 Å². The summed E-state index contributed by atoms with van der Waals surface area (Å²) in [6, 6.07) is 7.27. The molecule has 0 bridgehead atoms. The van der Waals surface area contributed by atoms with Crippen LogP contribution in [0.25, 0.3) is 0 Å². The minimum absolute atomic E-state index is 0.569. The molecule has 0 radical (unpaired) electrons. The van der Waals surface area contributed by atoms with Crippen molar-refractivity contribution in [2.24, 2.45) is 0 Å². The van der Waals surface area contributed by atoms with Crippen molar-refractivity contribution < 1.29 is 0 Å². The van der Waals surface area contributed by atoms with Crippen molar-refractivity contribution in [3.05, 3.63) is 33.8 Å². The average Bonchev–Trinajstić information content (AvgIpc) is 2.50. The van der Waals surface area contributed by atoms with E-state index in [0.717, 1.165) is 0 Å². The molecule has 1 aliphatic heterocycles. The fourth-order valence-corrected chi connectivity index (χ4v) is 2.44. The van der Waals surface area contributed by atoms with Crippen LogP contribution in [0.2, 0.25) is 0 Å². The molecule has 1 unspecified atom stereocenters. The molecule has 1 fully saturated rings. The van der Waals surface area contributed by atoms with E-state index in [1.807, 2.05) is 0 Å². The van der Waals surface area contributed by atoms with Gasteiger partial charge in [0.05, 0.1) is 0 Å². The smallest absolute Gasteiger partial charge is 0.0320 e. The molecule has 2 heteroatoms. The lowest BCUT2D eigenvalue weighted by atomic mass is 10.0. The quantitative estimate of drug-likeness (QED) is 0.812. The Morgan fingerprint density at radius 3 is 2.93 bits per heavy atom. The molecule has 0 amide bonds. The summed E-state index contributed by atoms with van der Waals surface area (Å²) in [6.45, 7) is 3.32. The zero-order chi connectivity index (χ0) is 10.7. The molecule has 0 aliphatic carbocycles. The van der Waals surface area contributed by atoms with Gasteiger partial charge in [-0.25, -0.2) is 0 Å². The van der Waals surface area contributed by atoms with E-state index < -0.39 is 0 Å². The molecule has 1 heterocycles. The summed E-state index contributed by atoms with van der Waals surface area (Å²) in [5, 5.41) is 3.63. The normalized spacial score (nSPS) is 22.4. The van der Waals surface area contributed by atoms with Crippen LogP contribution in [0.4, 0.5) is 0 Å². The molecular formula is C13H18BrN. The van der Waals surface area contributed by atoms with Crippen LogP contribution >= 0.6 is 15.9 Å². The number of halogens is 1. The van der Waals surface area contributed by atoms with E-state index in [1.54, 1.807) is 0 Å². The van der Waals surface area contributed by atoms with Crippen LogP contribution in [0.15, 0.2) is 22.7 Å². The standard InChI is InChI=1S/C13H18BrN/c1-10-9-11(6-7-12(10)14)13-5-3-2-4-8-15-13/h6-7,9,13,15H,2-5,8H2,1H3. The summed E-state index contributed by atoms with van der Waals surface area (Å²) in [4.78, 5) is 0. The zero-order valence-electron chi connectivity index (χ0n) is 9.22. The lowest BCUT2D eigenvalue weighted by Crippen LogP contribution is -2.20. The second kappa shape index (κ2) is 5.13. The lowest BCUT2D eigenvalue weighted by molar-refractivity contribution is 0.534. The van der Waals surface area contributed by atoms with Gasteiger partial charge in [0.2, 0.25) is 0 Å². The van der Waals surface area contributed by atoms with Gasteiger partial charge in [0.15, 0.2) is 0 Å². The van der Waals surface area contributed by atoms with Crippen LogP contribution in [-0.2, 0) is 0 Å². The van der Waals surface area contributed by atoms with Crippen LogP contribution in [0.3, 0.4) is 0 Å². The summed E-state index contributed by atoms with van der Waals surface area (Å²) >= 11 is 3.55. The van der Waals surface area contributed by atoms with Crippen molar-refractivity contribution in [3.63, 3.8) is 0 Å². The summed E-state index contributed by atoms with van der Waals surface area (Å²) < 4.78 is 1.21. The number of aryl methyl sites for hydroxylation is 1. The summed E-state index contributed by atoms with van der Waals surface area (Å²) in [5.41, 5.74) is 2.77. The third-order valence-electron chi connectivity index (χ3n) is 3.14. The van der Waals surface area contributed by atoms with Gasteiger partial charge in [0, 0.05) is 10.5 Å². The minimum Gasteiger partial charge on any atom is -0.310 e. The van der Waals surface area contributed by atoms with Crippen LogP contribution in [0, 0.1) is 6.92 Å². The van der Waals surface area contributed by atoms with Gasteiger partial charge in [0.25, 0.3) is 0 Å². The Bertz CT molecular complexity index is 327. The van der Waals surface area contributed by atoms with Crippen molar-refractivity contribution in [1.29, 1.82) is 0 Å². The third kappa shape index (κ3) is 2.82. The van der Waals surface area contributed by atoms with Gasteiger partial charge >= 0.3 is 0 Å². The number of hydrogen-bond acceptors (Lipinski definition) is 1. The first kappa shape index (κ1) is 11.2. The number of rotatable bonds is 1. The molecular weight excluding hydrogens is 250 g/mol. The average molecular weight is 268 g/mol. The maximum absolute atomic E-state index is 3.63. The number of hydrogen-bond donors (Lipinski definition) is 1. The van der Waals surface area contributed by atoms with Gasteiger partial charge in [0.1, 0.15) is 0 Å². The van der Waals surface area contributed by atoms with Crippen molar-refractivity contribution in [1.82, 2.24) is 5.32 Å². The van der Waals surface area contributed by atoms with Gasteiger partial charge in [-0.3, -0.25) is 0 Å². The largest absolute Gasteiger partial charge is 0.310 e. The molecule has 2 rings (SSSR count). The number of nitrogens with one attached hydrogen (secondary N) is 1. The Morgan fingerprint density at radius 2 is 2.13 bits per heavy atom. The second-order valence-electron chi connectivity index (χ2n) is 4.36. The molecule has 1 N–H and O–H groups in total. The molecule has 1 saturated heterocycles. The van der Waals surface area contributed by atoms with E-state index in [1.165, 1.54) is 47.8 Å². The lowest BCUT2D eigenvalue weighted by Gasteiger charge is -2.17. The molecule has 1 aromatic carbocycles. The van der Waals surface area contributed by atoms with E-state index in [4.69, 9.17) is 0 Å². The molecule has 0 saturated carbocycles. The molecule has 1 aliphatic rings. The van der Waals surface area contributed by atoms with Gasteiger partial charge in [-0.05, 0) is 43.5 Å². The minimum atomic E-state index is 0.569.